The molecule has 4 heteroatoms. The molecule has 0 aliphatic heterocycles. The van der Waals surface area contributed by atoms with E-state index >= 15 is 0 Å². The number of rotatable bonds is 4. The van der Waals surface area contributed by atoms with Gasteiger partial charge in [0.15, 0.2) is 0 Å². The molecule has 0 fully saturated rings. The molecule has 0 saturated carbocycles. The van der Waals surface area contributed by atoms with Crippen LogP contribution in [0.1, 0.15) is 17.0 Å². The summed E-state index contributed by atoms with van der Waals surface area (Å²) >= 11 is 3.52. The molecule has 0 aliphatic carbocycles. The minimum Gasteiger partial charge on any atom is -0.307 e. The van der Waals surface area contributed by atoms with E-state index in [1.54, 1.807) is 6.20 Å². The van der Waals surface area contributed by atoms with Gasteiger partial charge in [-0.1, -0.05) is 34.1 Å². The van der Waals surface area contributed by atoms with E-state index < -0.39 is 0 Å². The first-order valence-corrected chi connectivity index (χ1v) is 6.26. The third kappa shape index (κ3) is 3.61. The van der Waals surface area contributed by atoms with Crippen molar-refractivity contribution in [2.24, 2.45) is 0 Å². The Kier molecular flexibility index (Phi) is 4.23. The van der Waals surface area contributed by atoms with Gasteiger partial charge in [0, 0.05) is 30.0 Å². The molecule has 0 unspecified atom stereocenters. The Morgan fingerprint density at radius 1 is 1.12 bits per heavy atom. The second-order valence-corrected chi connectivity index (χ2v) is 4.70. The van der Waals surface area contributed by atoms with Crippen molar-refractivity contribution in [2.45, 2.75) is 20.0 Å². The van der Waals surface area contributed by atoms with Crippen LogP contribution in [0, 0.1) is 6.92 Å². The smallest absolute Gasteiger partial charge is 0.0724 e. The van der Waals surface area contributed by atoms with Crippen LogP contribution in [-0.2, 0) is 13.1 Å². The standard InChI is InChI=1S/C13H14BrN3/c1-10-6-17-12(9-16-10)8-15-7-11-4-2-3-5-13(11)14/h2-6,9,15H,7-8H2,1H3. The number of halogens is 1. The third-order valence-corrected chi connectivity index (χ3v) is 3.19. The lowest BCUT2D eigenvalue weighted by Gasteiger charge is -2.06. The van der Waals surface area contributed by atoms with Gasteiger partial charge in [-0.15, -0.1) is 0 Å². The molecule has 0 spiro atoms. The summed E-state index contributed by atoms with van der Waals surface area (Å²) in [7, 11) is 0. The van der Waals surface area contributed by atoms with Gasteiger partial charge in [-0.05, 0) is 18.6 Å². The predicted octanol–water partition coefficient (Wildman–Crippen LogP) is 2.84. The minimum absolute atomic E-state index is 0.731. The Balaban J connectivity index is 1.88. The van der Waals surface area contributed by atoms with Crippen LogP contribution < -0.4 is 5.32 Å². The third-order valence-electron chi connectivity index (χ3n) is 2.41. The number of benzene rings is 1. The molecule has 88 valence electrons. The first kappa shape index (κ1) is 12.2. The summed E-state index contributed by atoms with van der Waals surface area (Å²) in [5.74, 6) is 0. The molecule has 2 rings (SSSR count). The number of aromatic nitrogens is 2. The summed E-state index contributed by atoms with van der Waals surface area (Å²) in [5, 5.41) is 3.35. The van der Waals surface area contributed by atoms with Gasteiger partial charge in [0.1, 0.15) is 0 Å². The van der Waals surface area contributed by atoms with Crippen molar-refractivity contribution in [2.75, 3.05) is 0 Å². The van der Waals surface area contributed by atoms with Crippen molar-refractivity contribution in [3.8, 4) is 0 Å². The molecular weight excluding hydrogens is 278 g/mol. The van der Waals surface area contributed by atoms with E-state index in [4.69, 9.17) is 0 Å². The maximum absolute atomic E-state index is 4.30. The van der Waals surface area contributed by atoms with Gasteiger partial charge < -0.3 is 5.32 Å². The lowest BCUT2D eigenvalue weighted by atomic mass is 10.2. The highest BCUT2D eigenvalue weighted by Crippen LogP contribution is 2.15. The zero-order chi connectivity index (χ0) is 12.1. The number of aryl methyl sites for hydroxylation is 1. The van der Waals surface area contributed by atoms with E-state index in [0.29, 0.717) is 0 Å². The quantitative estimate of drug-likeness (QED) is 0.941. The Bertz CT molecular complexity index is 482. The summed E-state index contributed by atoms with van der Waals surface area (Å²) in [6.07, 6.45) is 3.60. The van der Waals surface area contributed by atoms with Crippen LogP contribution in [0.2, 0.25) is 0 Å². The molecule has 3 nitrogen and oxygen atoms in total. The zero-order valence-corrected chi connectivity index (χ0v) is 11.2. The van der Waals surface area contributed by atoms with Gasteiger partial charge in [0.2, 0.25) is 0 Å². The van der Waals surface area contributed by atoms with Gasteiger partial charge in [0.05, 0.1) is 11.4 Å². The molecule has 0 aliphatic rings. The van der Waals surface area contributed by atoms with Crippen LogP contribution in [0.15, 0.2) is 41.1 Å². The average Bonchev–Trinajstić information content (AvgIpc) is 2.34. The fourth-order valence-electron chi connectivity index (χ4n) is 1.48. The molecule has 17 heavy (non-hydrogen) atoms. The zero-order valence-electron chi connectivity index (χ0n) is 9.65. The Morgan fingerprint density at radius 2 is 1.94 bits per heavy atom. The van der Waals surface area contributed by atoms with Crippen molar-refractivity contribution < 1.29 is 0 Å². The summed E-state index contributed by atoms with van der Waals surface area (Å²) in [6, 6.07) is 8.19. The number of nitrogens with one attached hydrogen (secondary N) is 1. The molecule has 1 N–H and O–H groups in total. The Labute approximate surface area is 109 Å². The molecule has 0 atom stereocenters. The lowest BCUT2D eigenvalue weighted by molar-refractivity contribution is 0.674. The highest BCUT2D eigenvalue weighted by atomic mass is 79.9. The van der Waals surface area contributed by atoms with Crippen LogP contribution in [0.5, 0.6) is 0 Å². The molecular formula is C13H14BrN3. The topological polar surface area (TPSA) is 37.8 Å². The lowest BCUT2D eigenvalue weighted by Crippen LogP contribution is -2.14. The van der Waals surface area contributed by atoms with Crippen molar-refractivity contribution in [3.05, 3.63) is 58.1 Å². The largest absolute Gasteiger partial charge is 0.307 e. The van der Waals surface area contributed by atoms with Gasteiger partial charge in [-0.25, -0.2) is 0 Å². The van der Waals surface area contributed by atoms with Gasteiger partial charge in [0.25, 0.3) is 0 Å². The minimum atomic E-state index is 0.731. The molecule has 2 aromatic rings. The monoisotopic (exact) mass is 291 g/mol. The molecule has 0 bridgehead atoms. The van der Waals surface area contributed by atoms with E-state index in [-0.39, 0.29) is 0 Å². The second kappa shape index (κ2) is 5.89. The summed E-state index contributed by atoms with van der Waals surface area (Å²) in [6.45, 7) is 3.48. The first-order chi connectivity index (χ1) is 8.25. The van der Waals surface area contributed by atoms with E-state index in [1.807, 2.05) is 31.3 Å². The SMILES string of the molecule is Cc1cnc(CNCc2ccccc2Br)cn1. The highest BCUT2D eigenvalue weighted by molar-refractivity contribution is 9.10. The number of hydrogen-bond donors (Lipinski definition) is 1. The molecule has 1 aromatic carbocycles. The average molecular weight is 292 g/mol. The second-order valence-electron chi connectivity index (χ2n) is 3.84. The predicted molar refractivity (Wildman–Crippen MR) is 71.5 cm³/mol. The van der Waals surface area contributed by atoms with Gasteiger partial charge in [-0.3, -0.25) is 9.97 Å². The van der Waals surface area contributed by atoms with Crippen LogP contribution in [0.3, 0.4) is 0 Å². The van der Waals surface area contributed by atoms with E-state index in [2.05, 4.69) is 37.3 Å². The van der Waals surface area contributed by atoms with Gasteiger partial charge >= 0.3 is 0 Å². The highest BCUT2D eigenvalue weighted by Gasteiger charge is 1.99. The van der Waals surface area contributed by atoms with Crippen molar-refractivity contribution in [1.29, 1.82) is 0 Å². The molecule has 0 saturated heterocycles. The first-order valence-electron chi connectivity index (χ1n) is 5.47. The Hall–Kier alpha value is -1.26. The summed E-state index contributed by atoms with van der Waals surface area (Å²) in [5.41, 5.74) is 3.15. The molecule has 0 radical (unpaired) electrons. The van der Waals surface area contributed by atoms with E-state index in [0.717, 1.165) is 29.0 Å². The Morgan fingerprint density at radius 3 is 2.65 bits per heavy atom. The van der Waals surface area contributed by atoms with Crippen LogP contribution in [-0.4, -0.2) is 9.97 Å². The molecule has 1 aromatic heterocycles. The fourth-order valence-corrected chi connectivity index (χ4v) is 1.90. The van der Waals surface area contributed by atoms with Gasteiger partial charge in [-0.2, -0.15) is 0 Å². The van der Waals surface area contributed by atoms with Crippen LogP contribution in [0.4, 0.5) is 0 Å². The summed E-state index contributed by atoms with van der Waals surface area (Å²) in [4.78, 5) is 8.51. The molecule has 1 heterocycles. The number of hydrogen-bond acceptors (Lipinski definition) is 3. The van der Waals surface area contributed by atoms with Crippen LogP contribution >= 0.6 is 15.9 Å². The van der Waals surface area contributed by atoms with Crippen molar-refractivity contribution in [1.82, 2.24) is 15.3 Å². The van der Waals surface area contributed by atoms with Crippen LogP contribution in [0.25, 0.3) is 0 Å². The van der Waals surface area contributed by atoms with Crippen molar-refractivity contribution >= 4 is 15.9 Å². The van der Waals surface area contributed by atoms with E-state index in [9.17, 15) is 0 Å². The molecule has 0 amide bonds. The summed E-state index contributed by atoms with van der Waals surface area (Å²) < 4.78 is 1.13. The van der Waals surface area contributed by atoms with Crippen molar-refractivity contribution in [3.63, 3.8) is 0 Å². The van der Waals surface area contributed by atoms with E-state index in [1.165, 1.54) is 5.56 Å². The normalized spacial score (nSPS) is 10.5. The fraction of sp³-hybridized carbons (Fsp3) is 0.231. The maximum atomic E-state index is 4.30. The number of nitrogens with zero attached hydrogens (tertiary/aromatic N) is 2. The maximum Gasteiger partial charge on any atom is 0.0724 e.